The molecule has 0 saturated carbocycles. The largest absolute Gasteiger partial charge is 0.481 e. The van der Waals surface area contributed by atoms with Gasteiger partial charge < -0.3 is 15.1 Å². The molecule has 1 heterocycles. The summed E-state index contributed by atoms with van der Waals surface area (Å²) >= 11 is 0. The average molecular weight is 186 g/mol. The molecule has 72 valence electrons. The van der Waals surface area contributed by atoms with Gasteiger partial charge in [-0.3, -0.25) is 9.79 Å². The number of hydrogen-bond acceptors (Lipinski definition) is 4. The van der Waals surface area contributed by atoms with Crippen molar-refractivity contribution in [2.75, 3.05) is 13.1 Å². The third-order valence-electron chi connectivity index (χ3n) is 1.77. The monoisotopic (exact) mass is 186 g/mol. The van der Waals surface area contributed by atoms with E-state index >= 15 is 0 Å². The molecule has 2 N–H and O–H groups in total. The second-order valence-corrected chi connectivity index (χ2v) is 2.71. The molecule has 0 fully saturated rings. The average Bonchev–Trinajstić information content (AvgIpc) is 2.50. The Morgan fingerprint density at radius 3 is 2.62 bits per heavy atom. The van der Waals surface area contributed by atoms with Crippen LogP contribution >= 0.6 is 0 Å². The van der Waals surface area contributed by atoms with Gasteiger partial charge in [0.2, 0.25) is 0 Å². The molecule has 0 aliphatic carbocycles. The lowest BCUT2D eigenvalue weighted by molar-refractivity contribution is -0.148. The van der Waals surface area contributed by atoms with E-state index in [2.05, 4.69) is 4.99 Å². The third kappa shape index (κ3) is 2.43. The molecule has 1 atom stereocenters. The van der Waals surface area contributed by atoms with Crippen LogP contribution in [-0.2, 0) is 9.59 Å². The molecule has 0 aromatic heterocycles. The molecule has 0 aromatic rings. The van der Waals surface area contributed by atoms with Crippen LogP contribution in [0.1, 0.15) is 6.42 Å². The highest BCUT2D eigenvalue weighted by atomic mass is 16.4. The first-order valence-electron chi connectivity index (χ1n) is 3.81. The maximum atomic E-state index is 10.7. The maximum absolute atomic E-state index is 10.7. The Morgan fingerprint density at radius 1 is 1.54 bits per heavy atom. The molecule has 0 amide bonds. The van der Waals surface area contributed by atoms with Crippen molar-refractivity contribution in [3.63, 3.8) is 0 Å². The van der Waals surface area contributed by atoms with E-state index in [-0.39, 0.29) is 0 Å². The number of carboxylic acids is 2. The van der Waals surface area contributed by atoms with Gasteiger partial charge in [0.25, 0.3) is 0 Å². The highest BCUT2D eigenvalue weighted by Gasteiger charge is 2.27. The molecule has 6 nitrogen and oxygen atoms in total. The van der Waals surface area contributed by atoms with Crippen molar-refractivity contribution in [2.45, 2.75) is 12.5 Å². The molecule has 1 unspecified atom stereocenters. The molecule has 0 bridgehead atoms. The van der Waals surface area contributed by atoms with E-state index in [1.807, 2.05) is 0 Å². The van der Waals surface area contributed by atoms with Crippen molar-refractivity contribution in [2.24, 2.45) is 4.99 Å². The fraction of sp³-hybridized carbons (Fsp3) is 0.571. The van der Waals surface area contributed by atoms with Crippen molar-refractivity contribution < 1.29 is 19.8 Å². The zero-order valence-electron chi connectivity index (χ0n) is 6.88. The van der Waals surface area contributed by atoms with Gasteiger partial charge in [-0.2, -0.15) is 0 Å². The first-order valence-corrected chi connectivity index (χ1v) is 3.81. The number of nitrogens with zero attached hydrogens (tertiary/aromatic N) is 2. The van der Waals surface area contributed by atoms with Crippen molar-refractivity contribution in [1.29, 1.82) is 0 Å². The van der Waals surface area contributed by atoms with Gasteiger partial charge in [-0.1, -0.05) is 0 Å². The summed E-state index contributed by atoms with van der Waals surface area (Å²) in [6.07, 6.45) is 0.989. The quantitative estimate of drug-likeness (QED) is 0.603. The van der Waals surface area contributed by atoms with Crippen LogP contribution in [0.3, 0.4) is 0 Å². The molecule has 0 radical (unpaired) electrons. The topological polar surface area (TPSA) is 90.2 Å². The van der Waals surface area contributed by atoms with Gasteiger partial charge in [0, 0.05) is 6.54 Å². The van der Waals surface area contributed by atoms with Crippen LogP contribution in [0.4, 0.5) is 0 Å². The summed E-state index contributed by atoms with van der Waals surface area (Å²) in [6.45, 7) is 1.01. The molecule has 1 rings (SSSR count). The van der Waals surface area contributed by atoms with E-state index < -0.39 is 24.4 Å². The molecule has 0 spiro atoms. The summed E-state index contributed by atoms with van der Waals surface area (Å²) in [5.74, 6) is -2.25. The van der Waals surface area contributed by atoms with Crippen LogP contribution < -0.4 is 0 Å². The molecule has 0 saturated heterocycles. The van der Waals surface area contributed by atoms with E-state index in [4.69, 9.17) is 10.2 Å². The zero-order valence-corrected chi connectivity index (χ0v) is 6.88. The van der Waals surface area contributed by atoms with Crippen LogP contribution in [0.25, 0.3) is 0 Å². The van der Waals surface area contributed by atoms with Gasteiger partial charge in [-0.25, -0.2) is 4.79 Å². The van der Waals surface area contributed by atoms with Gasteiger partial charge in [-0.15, -0.1) is 0 Å². The maximum Gasteiger partial charge on any atom is 0.326 e. The van der Waals surface area contributed by atoms with E-state index in [1.165, 1.54) is 11.2 Å². The molecule has 6 heteroatoms. The first-order chi connectivity index (χ1) is 6.11. The van der Waals surface area contributed by atoms with Crippen LogP contribution in [0.5, 0.6) is 0 Å². The molecular formula is C7H10N2O4. The number of hydrogen-bond donors (Lipinski definition) is 2. The van der Waals surface area contributed by atoms with E-state index in [1.54, 1.807) is 0 Å². The lowest BCUT2D eigenvalue weighted by Gasteiger charge is -2.20. The summed E-state index contributed by atoms with van der Waals surface area (Å²) in [5, 5.41) is 17.2. The summed E-state index contributed by atoms with van der Waals surface area (Å²) in [4.78, 5) is 26.2. The lowest BCUT2D eigenvalue weighted by Crippen LogP contribution is -2.40. The Morgan fingerprint density at radius 2 is 2.23 bits per heavy atom. The Balaban J connectivity index is 2.61. The number of rotatable bonds is 4. The van der Waals surface area contributed by atoms with Crippen molar-refractivity contribution in [3.8, 4) is 0 Å². The van der Waals surface area contributed by atoms with Gasteiger partial charge in [-0.05, 0) is 0 Å². The second-order valence-electron chi connectivity index (χ2n) is 2.71. The molecule has 13 heavy (non-hydrogen) atoms. The minimum absolute atomic E-state index is 0.401. The van der Waals surface area contributed by atoms with E-state index in [0.717, 1.165) is 0 Å². The smallest absolute Gasteiger partial charge is 0.326 e. The van der Waals surface area contributed by atoms with Gasteiger partial charge in [0.1, 0.15) is 6.04 Å². The third-order valence-corrected chi connectivity index (χ3v) is 1.77. The Hall–Kier alpha value is -1.59. The Bertz CT molecular complexity index is 251. The van der Waals surface area contributed by atoms with Gasteiger partial charge in [0.15, 0.2) is 0 Å². The van der Waals surface area contributed by atoms with Crippen molar-refractivity contribution in [1.82, 2.24) is 4.90 Å². The lowest BCUT2D eigenvalue weighted by atomic mass is 10.2. The van der Waals surface area contributed by atoms with Crippen LogP contribution in [0.2, 0.25) is 0 Å². The minimum atomic E-state index is -1.13. The normalized spacial score (nSPS) is 17.4. The number of aliphatic carboxylic acids is 2. The summed E-state index contributed by atoms with van der Waals surface area (Å²) in [5.41, 5.74) is 0. The molecule has 1 aliphatic rings. The van der Waals surface area contributed by atoms with Gasteiger partial charge in [0.05, 0.1) is 19.3 Å². The van der Waals surface area contributed by atoms with Crippen molar-refractivity contribution in [3.05, 3.63) is 0 Å². The van der Waals surface area contributed by atoms with E-state index in [0.29, 0.717) is 13.1 Å². The minimum Gasteiger partial charge on any atom is -0.481 e. The number of aliphatic imine (C=N–C) groups is 1. The van der Waals surface area contributed by atoms with E-state index in [9.17, 15) is 9.59 Å². The summed E-state index contributed by atoms with van der Waals surface area (Å²) in [6, 6.07) is -0.997. The molecule has 1 aliphatic heterocycles. The number of carboxylic acid groups (broad SMARTS) is 2. The fourth-order valence-corrected chi connectivity index (χ4v) is 1.14. The number of carbonyl (C=O) groups is 2. The summed E-state index contributed by atoms with van der Waals surface area (Å²) < 4.78 is 0. The Labute approximate surface area is 74.5 Å². The predicted octanol–water partition coefficient (Wildman–Crippen LogP) is -0.742. The standard InChI is InChI=1S/C7H10N2O4/c10-6(11)3-5(7(12)13)9-2-1-8-4-9/h4-5H,1-3H2,(H,10,11)(H,12,13). The SMILES string of the molecule is O=C(O)CC(C(=O)O)N1C=NCC1. The van der Waals surface area contributed by atoms with Crippen LogP contribution in [0, 0.1) is 0 Å². The van der Waals surface area contributed by atoms with Crippen LogP contribution in [-0.4, -0.2) is 52.5 Å². The first kappa shape index (κ1) is 9.50. The highest BCUT2D eigenvalue weighted by Crippen LogP contribution is 2.06. The van der Waals surface area contributed by atoms with Gasteiger partial charge >= 0.3 is 11.9 Å². The summed E-state index contributed by atoms with van der Waals surface area (Å²) in [7, 11) is 0. The molecule has 0 aromatic carbocycles. The molecular weight excluding hydrogens is 176 g/mol. The highest BCUT2D eigenvalue weighted by molar-refractivity contribution is 5.83. The Kier molecular flexibility index (Phi) is 2.84. The van der Waals surface area contributed by atoms with Crippen LogP contribution in [0.15, 0.2) is 4.99 Å². The second kappa shape index (κ2) is 3.88. The predicted molar refractivity (Wildman–Crippen MR) is 43.7 cm³/mol. The zero-order chi connectivity index (χ0) is 9.84. The van der Waals surface area contributed by atoms with Crippen molar-refractivity contribution >= 4 is 18.3 Å². The fourth-order valence-electron chi connectivity index (χ4n) is 1.14.